The van der Waals surface area contributed by atoms with Crippen LogP contribution in [0, 0.1) is 12.3 Å². The van der Waals surface area contributed by atoms with Gasteiger partial charge in [0.2, 0.25) is 0 Å². The Hall–Kier alpha value is -0.730. The predicted molar refractivity (Wildman–Crippen MR) is 76.7 cm³/mol. The van der Waals surface area contributed by atoms with Gasteiger partial charge in [-0.25, -0.2) is 0 Å². The van der Waals surface area contributed by atoms with Crippen molar-refractivity contribution in [2.24, 2.45) is 5.41 Å². The number of hydrogen-bond donors (Lipinski definition) is 1. The standard InChI is InChI=1S/C16H21ClO2/c1-11-5-6-12(17)9-13(11)19-15-10-14(18)16(15)7-3-2-4-8-16/h5-6,9,14-15,18H,2-4,7-8,10H2,1H3. The van der Waals surface area contributed by atoms with Crippen molar-refractivity contribution in [2.45, 2.75) is 57.7 Å². The fourth-order valence-electron chi connectivity index (χ4n) is 3.61. The van der Waals surface area contributed by atoms with Crippen LogP contribution in [0.5, 0.6) is 5.75 Å². The fourth-order valence-corrected chi connectivity index (χ4v) is 3.77. The third-order valence-electron chi connectivity index (χ3n) is 4.95. The van der Waals surface area contributed by atoms with Crippen LogP contribution in [-0.2, 0) is 0 Å². The molecule has 0 amide bonds. The summed E-state index contributed by atoms with van der Waals surface area (Å²) < 4.78 is 6.18. The molecular formula is C16H21ClO2. The summed E-state index contributed by atoms with van der Waals surface area (Å²) >= 11 is 6.04. The minimum Gasteiger partial charge on any atom is -0.489 e. The van der Waals surface area contributed by atoms with Gasteiger partial charge in [0.05, 0.1) is 6.10 Å². The first-order valence-electron chi connectivity index (χ1n) is 7.23. The molecule has 2 aliphatic rings. The van der Waals surface area contributed by atoms with Crippen LogP contribution in [0.4, 0.5) is 0 Å². The van der Waals surface area contributed by atoms with Gasteiger partial charge in [0, 0.05) is 16.9 Å². The molecule has 19 heavy (non-hydrogen) atoms. The highest BCUT2D eigenvalue weighted by molar-refractivity contribution is 6.30. The molecule has 2 atom stereocenters. The van der Waals surface area contributed by atoms with Crippen molar-refractivity contribution in [1.29, 1.82) is 0 Å². The van der Waals surface area contributed by atoms with Crippen molar-refractivity contribution >= 4 is 11.6 Å². The molecule has 2 fully saturated rings. The van der Waals surface area contributed by atoms with E-state index in [-0.39, 0.29) is 17.6 Å². The number of aliphatic hydroxyl groups excluding tert-OH is 1. The fraction of sp³-hybridized carbons (Fsp3) is 0.625. The number of aryl methyl sites for hydroxylation is 1. The van der Waals surface area contributed by atoms with Crippen LogP contribution in [-0.4, -0.2) is 17.3 Å². The molecule has 3 heteroatoms. The topological polar surface area (TPSA) is 29.5 Å². The van der Waals surface area contributed by atoms with E-state index in [1.165, 1.54) is 19.3 Å². The summed E-state index contributed by atoms with van der Waals surface area (Å²) in [5, 5.41) is 10.9. The lowest BCUT2D eigenvalue weighted by atomic mass is 9.56. The van der Waals surface area contributed by atoms with Crippen LogP contribution in [0.3, 0.4) is 0 Å². The lowest BCUT2D eigenvalue weighted by Gasteiger charge is -2.55. The molecule has 2 aliphatic carbocycles. The molecule has 2 nitrogen and oxygen atoms in total. The molecule has 0 saturated heterocycles. The monoisotopic (exact) mass is 280 g/mol. The van der Waals surface area contributed by atoms with Gasteiger partial charge in [-0.1, -0.05) is 36.9 Å². The Morgan fingerprint density at radius 1 is 1.26 bits per heavy atom. The Morgan fingerprint density at radius 2 is 2.00 bits per heavy atom. The van der Waals surface area contributed by atoms with Gasteiger partial charge in [0.25, 0.3) is 0 Å². The molecule has 2 unspecified atom stereocenters. The van der Waals surface area contributed by atoms with Crippen molar-refractivity contribution in [3.05, 3.63) is 28.8 Å². The highest BCUT2D eigenvalue weighted by Gasteiger charge is 2.56. The van der Waals surface area contributed by atoms with E-state index >= 15 is 0 Å². The number of hydrogen-bond acceptors (Lipinski definition) is 2. The average Bonchev–Trinajstić information content (AvgIpc) is 2.43. The molecule has 0 heterocycles. The van der Waals surface area contributed by atoms with Crippen molar-refractivity contribution in [3.8, 4) is 5.75 Å². The van der Waals surface area contributed by atoms with E-state index in [1.807, 2.05) is 25.1 Å². The molecule has 2 saturated carbocycles. The van der Waals surface area contributed by atoms with Gasteiger partial charge >= 0.3 is 0 Å². The summed E-state index contributed by atoms with van der Waals surface area (Å²) in [4.78, 5) is 0. The highest BCUT2D eigenvalue weighted by Crippen LogP contribution is 2.53. The quantitative estimate of drug-likeness (QED) is 0.883. The molecule has 1 spiro atoms. The minimum atomic E-state index is -0.183. The molecule has 0 radical (unpaired) electrons. The maximum absolute atomic E-state index is 10.2. The van der Waals surface area contributed by atoms with Crippen molar-refractivity contribution < 1.29 is 9.84 Å². The molecule has 0 bridgehead atoms. The van der Waals surface area contributed by atoms with Gasteiger partial charge in [0.15, 0.2) is 0 Å². The first-order chi connectivity index (χ1) is 9.12. The number of rotatable bonds is 2. The summed E-state index contributed by atoms with van der Waals surface area (Å²) in [6.07, 6.45) is 6.63. The molecule has 1 aromatic rings. The van der Waals surface area contributed by atoms with Gasteiger partial charge in [-0.15, -0.1) is 0 Å². The van der Waals surface area contributed by atoms with Gasteiger partial charge in [0.1, 0.15) is 11.9 Å². The maximum atomic E-state index is 10.2. The van der Waals surface area contributed by atoms with Gasteiger partial charge in [-0.3, -0.25) is 0 Å². The van der Waals surface area contributed by atoms with Crippen LogP contribution in [0.2, 0.25) is 5.02 Å². The second-order valence-electron chi connectivity index (χ2n) is 6.06. The lowest BCUT2D eigenvalue weighted by Crippen LogP contribution is -2.60. The molecule has 0 aliphatic heterocycles. The third-order valence-corrected chi connectivity index (χ3v) is 5.18. The van der Waals surface area contributed by atoms with Crippen LogP contribution in [0.25, 0.3) is 0 Å². The van der Waals surface area contributed by atoms with Crippen LogP contribution in [0.15, 0.2) is 18.2 Å². The summed E-state index contributed by atoms with van der Waals surface area (Å²) in [7, 11) is 0. The summed E-state index contributed by atoms with van der Waals surface area (Å²) in [6.45, 7) is 2.04. The van der Waals surface area contributed by atoms with Crippen molar-refractivity contribution in [2.75, 3.05) is 0 Å². The maximum Gasteiger partial charge on any atom is 0.124 e. The van der Waals surface area contributed by atoms with Crippen molar-refractivity contribution in [3.63, 3.8) is 0 Å². The van der Waals surface area contributed by atoms with Crippen LogP contribution in [0.1, 0.15) is 44.1 Å². The van der Waals surface area contributed by atoms with E-state index in [1.54, 1.807) is 0 Å². The number of halogens is 1. The highest BCUT2D eigenvalue weighted by atomic mass is 35.5. The predicted octanol–water partition coefficient (Wildman–Crippen LogP) is 4.11. The molecule has 0 aromatic heterocycles. The second kappa shape index (κ2) is 4.99. The Labute approximate surface area is 119 Å². The Bertz CT molecular complexity index is 466. The first kappa shape index (κ1) is 13.3. The van der Waals surface area contributed by atoms with Gasteiger partial charge in [-0.05, 0) is 37.5 Å². The van der Waals surface area contributed by atoms with E-state index in [9.17, 15) is 5.11 Å². The summed E-state index contributed by atoms with van der Waals surface area (Å²) in [6, 6.07) is 5.76. The number of aliphatic hydroxyl groups is 1. The zero-order valence-corrected chi connectivity index (χ0v) is 12.1. The van der Waals surface area contributed by atoms with E-state index in [2.05, 4.69) is 0 Å². The van der Waals surface area contributed by atoms with E-state index in [4.69, 9.17) is 16.3 Å². The average molecular weight is 281 g/mol. The molecular weight excluding hydrogens is 260 g/mol. The molecule has 104 valence electrons. The molecule has 3 rings (SSSR count). The molecule has 1 N–H and O–H groups in total. The lowest BCUT2D eigenvalue weighted by molar-refractivity contribution is -0.172. The van der Waals surface area contributed by atoms with Crippen LogP contribution < -0.4 is 4.74 Å². The number of ether oxygens (including phenoxy) is 1. The third kappa shape index (κ3) is 2.25. The van der Waals surface area contributed by atoms with Crippen LogP contribution >= 0.6 is 11.6 Å². The SMILES string of the molecule is Cc1ccc(Cl)cc1OC1CC(O)C12CCCCC2. The molecule has 1 aromatic carbocycles. The Balaban J connectivity index is 1.78. The minimum absolute atomic E-state index is 0.00695. The zero-order valence-electron chi connectivity index (χ0n) is 11.4. The normalized spacial score (nSPS) is 29.0. The number of benzene rings is 1. The first-order valence-corrected chi connectivity index (χ1v) is 7.60. The van der Waals surface area contributed by atoms with Crippen molar-refractivity contribution in [1.82, 2.24) is 0 Å². The van der Waals surface area contributed by atoms with Gasteiger partial charge in [-0.2, -0.15) is 0 Å². The summed E-state index contributed by atoms with van der Waals surface area (Å²) in [5.74, 6) is 0.870. The van der Waals surface area contributed by atoms with E-state index in [0.29, 0.717) is 5.02 Å². The smallest absolute Gasteiger partial charge is 0.124 e. The Kier molecular flexibility index (Phi) is 3.48. The van der Waals surface area contributed by atoms with E-state index < -0.39 is 0 Å². The van der Waals surface area contributed by atoms with Gasteiger partial charge < -0.3 is 9.84 Å². The van der Waals surface area contributed by atoms with E-state index in [0.717, 1.165) is 30.6 Å². The zero-order chi connectivity index (χ0) is 13.5. The largest absolute Gasteiger partial charge is 0.489 e. The summed E-state index contributed by atoms with van der Waals surface area (Å²) in [5.41, 5.74) is 1.12. The second-order valence-corrected chi connectivity index (χ2v) is 6.50. The Morgan fingerprint density at radius 3 is 2.68 bits per heavy atom.